The molecule has 1 spiro atoms. The molecule has 2 atom stereocenters. The van der Waals surface area contributed by atoms with E-state index >= 15 is 0 Å². The number of hydrogen-bond acceptors (Lipinski definition) is 5. The molecule has 7 nitrogen and oxygen atoms in total. The second kappa shape index (κ2) is 7.89. The van der Waals surface area contributed by atoms with Gasteiger partial charge in [-0.2, -0.15) is 5.10 Å². The third-order valence-corrected chi connectivity index (χ3v) is 6.45. The lowest BCUT2D eigenvalue weighted by Crippen LogP contribution is -2.69. The highest BCUT2D eigenvalue weighted by molar-refractivity contribution is 5.74. The van der Waals surface area contributed by atoms with Gasteiger partial charge in [-0.25, -0.2) is 0 Å². The number of likely N-dealkylation sites (tertiary alicyclic amines) is 1. The highest BCUT2D eigenvalue weighted by Crippen LogP contribution is 2.40. The fourth-order valence-corrected chi connectivity index (χ4v) is 4.83. The number of aliphatic hydroxyl groups excluding tert-OH is 1. The Kier molecular flexibility index (Phi) is 5.46. The van der Waals surface area contributed by atoms with Gasteiger partial charge in [-0.1, -0.05) is 30.3 Å². The molecule has 3 N–H and O–H groups in total. The van der Waals surface area contributed by atoms with Crippen LogP contribution in [0.3, 0.4) is 0 Å². The number of H-pyrrole nitrogens is 1. The van der Waals surface area contributed by atoms with Gasteiger partial charge in [0, 0.05) is 38.7 Å². The number of piperidine rings is 1. The van der Waals surface area contributed by atoms with Crippen molar-refractivity contribution in [2.45, 2.75) is 56.9 Å². The van der Waals surface area contributed by atoms with Crippen LogP contribution in [0.25, 0.3) is 11.3 Å². The fourth-order valence-electron chi connectivity index (χ4n) is 4.83. The molecule has 3 heterocycles. The summed E-state index contributed by atoms with van der Waals surface area (Å²) in [5.41, 5.74) is 2.12. The molecule has 1 aromatic heterocycles. The third kappa shape index (κ3) is 3.95. The summed E-state index contributed by atoms with van der Waals surface area (Å²) in [6.07, 6.45) is 3.27. The van der Waals surface area contributed by atoms with Gasteiger partial charge >= 0.3 is 0 Å². The Bertz CT molecular complexity index is 845. The molecule has 1 aromatic carbocycles. The molecule has 2 saturated heterocycles. The summed E-state index contributed by atoms with van der Waals surface area (Å²) in [4.78, 5) is 14.0. The minimum Gasteiger partial charge on any atom is -0.388 e. The van der Waals surface area contributed by atoms with Gasteiger partial charge in [-0.3, -0.25) is 14.8 Å². The second-order valence-corrected chi connectivity index (χ2v) is 8.58. The molecule has 0 bridgehead atoms. The third-order valence-electron chi connectivity index (χ3n) is 6.45. The van der Waals surface area contributed by atoms with Crippen LogP contribution in [0.1, 0.15) is 38.7 Å². The van der Waals surface area contributed by atoms with Crippen molar-refractivity contribution in [1.82, 2.24) is 20.4 Å². The van der Waals surface area contributed by atoms with Crippen LogP contribution in [-0.4, -0.2) is 63.1 Å². The average molecular weight is 399 g/mol. The molecule has 1 amide bonds. The van der Waals surface area contributed by atoms with Gasteiger partial charge in [0.2, 0.25) is 5.91 Å². The number of carbonyl (C=O) groups is 1. The van der Waals surface area contributed by atoms with E-state index in [2.05, 4.69) is 32.5 Å². The number of hydrogen-bond donors (Lipinski definition) is 3. The number of aliphatic hydroxyl groups is 1. The van der Waals surface area contributed by atoms with E-state index < -0.39 is 17.2 Å². The maximum Gasteiger partial charge on any atom is 0.217 e. The van der Waals surface area contributed by atoms with Gasteiger partial charge in [-0.05, 0) is 31.7 Å². The van der Waals surface area contributed by atoms with Gasteiger partial charge in [0.05, 0.1) is 23.0 Å². The number of aromatic nitrogens is 2. The molecule has 2 aromatic rings. The molecule has 0 aliphatic carbocycles. The lowest BCUT2D eigenvalue weighted by atomic mass is 9.73. The zero-order valence-corrected chi connectivity index (χ0v) is 17.1. The Morgan fingerprint density at radius 2 is 2.03 bits per heavy atom. The average Bonchev–Trinajstić information content (AvgIpc) is 3.16. The Labute approximate surface area is 171 Å². The van der Waals surface area contributed by atoms with Crippen molar-refractivity contribution >= 4 is 5.91 Å². The van der Waals surface area contributed by atoms with Crippen LogP contribution in [0, 0.1) is 0 Å². The van der Waals surface area contributed by atoms with Crippen LogP contribution in [0.4, 0.5) is 0 Å². The topological polar surface area (TPSA) is 90.5 Å². The maximum absolute atomic E-state index is 11.6. The number of nitrogens with zero attached hydrogens (tertiary/aromatic N) is 2. The van der Waals surface area contributed by atoms with Crippen LogP contribution in [0.5, 0.6) is 0 Å². The Balaban J connectivity index is 1.43. The first-order valence-electron chi connectivity index (χ1n) is 10.3. The molecular weight excluding hydrogens is 368 g/mol. The number of benzene rings is 1. The van der Waals surface area contributed by atoms with E-state index in [4.69, 9.17) is 4.74 Å². The van der Waals surface area contributed by atoms with E-state index in [-0.39, 0.29) is 5.91 Å². The number of carbonyl (C=O) groups excluding carboxylic acids is 1. The van der Waals surface area contributed by atoms with E-state index in [9.17, 15) is 9.90 Å². The van der Waals surface area contributed by atoms with Crippen molar-refractivity contribution in [3.05, 3.63) is 42.1 Å². The van der Waals surface area contributed by atoms with Gasteiger partial charge in [-0.15, -0.1) is 0 Å². The monoisotopic (exact) mass is 398 g/mol. The molecule has 29 heavy (non-hydrogen) atoms. The molecule has 2 fully saturated rings. The van der Waals surface area contributed by atoms with Crippen molar-refractivity contribution in [1.29, 1.82) is 0 Å². The van der Waals surface area contributed by atoms with Crippen molar-refractivity contribution in [3.8, 4) is 11.3 Å². The SMILES string of the molecule is CC(=O)N[C@@]1(C)CCOC2(CCN(Cc3cn[nH]c3-c3ccccc3)CC2)[C@@H]1O. The summed E-state index contributed by atoms with van der Waals surface area (Å²) >= 11 is 0. The highest BCUT2D eigenvalue weighted by atomic mass is 16.5. The standard InChI is InChI=1S/C22H30N4O3/c1-16(27)24-21(2)10-13-29-22(20(21)28)8-11-26(12-9-22)15-18-14-23-25-19(18)17-6-4-3-5-7-17/h3-7,14,20,28H,8-13,15H2,1-2H3,(H,23,25)(H,24,27)/t20-,21+/m1/s1. The predicted octanol–water partition coefficient (Wildman–Crippen LogP) is 2.09. The molecule has 7 heteroatoms. The van der Waals surface area contributed by atoms with E-state index in [0.29, 0.717) is 13.0 Å². The molecule has 0 unspecified atom stereocenters. The Hall–Kier alpha value is -2.22. The first-order valence-corrected chi connectivity index (χ1v) is 10.3. The summed E-state index contributed by atoms with van der Waals surface area (Å²) in [6.45, 7) is 6.42. The number of rotatable bonds is 4. The van der Waals surface area contributed by atoms with Gasteiger partial charge in [0.15, 0.2) is 0 Å². The smallest absolute Gasteiger partial charge is 0.217 e. The molecule has 4 rings (SSSR count). The molecular formula is C22H30N4O3. The Morgan fingerprint density at radius 3 is 2.72 bits per heavy atom. The van der Waals surface area contributed by atoms with Crippen LogP contribution in [0.15, 0.2) is 36.5 Å². The van der Waals surface area contributed by atoms with E-state index in [1.54, 1.807) is 0 Å². The van der Waals surface area contributed by atoms with Crippen molar-refractivity contribution in [2.24, 2.45) is 0 Å². The van der Waals surface area contributed by atoms with Crippen LogP contribution in [-0.2, 0) is 16.1 Å². The second-order valence-electron chi connectivity index (χ2n) is 8.58. The quantitative estimate of drug-likeness (QED) is 0.734. The summed E-state index contributed by atoms with van der Waals surface area (Å²) in [5.74, 6) is -0.116. The van der Waals surface area contributed by atoms with E-state index in [0.717, 1.165) is 43.7 Å². The first-order chi connectivity index (χ1) is 13.9. The molecule has 156 valence electrons. The van der Waals surface area contributed by atoms with Crippen LogP contribution in [0.2, 0.25) is 0 Å². The zero-order chi connectivity index (χ0) is 20.5. The minimum atomic E-state index is -0.719. The summed E-state index contributed by atoms with van der Waals surface area (Å²) in [5, 5.41) is 21.4. The fraction of sp³-hybridized carbons (Fsp3) is 0.545. The molecule has 2 aliphatic heterocycles. The van der Waals surface area contributed by atoms with Gasteiger partial charge in [0.1, 0.15) is 6.10 Å². The van der Waals surface area contributed by atoms with E-state index in [1.807, 2.05) is 31.3 Å². The van der Waals surface area contributed by atoms with E-state index in [1.165, 1.54) is 12.5 Å². The Morgan fingerprint density at radius 1 is 1.31 bits per heavy atom. The first kappa shape index (κ1) is 20.1. The van der Waals surface area contributed by atoms with Gasteiger partial charge in [0.25, 0.3) is 0 Å². The molecule has 0 saturated carbocycles. The maximum atomic E-state index is 11.6. The highest BCUT2D eigenvalue weighted by Gasteiger charge is 2.53. The number of aromatic amines is 1. The number of amides is 1. The van der Waals surface area contributed by atoms with Crippen LogP contribution < -0.4 is 5.32 Å². The number of nitrogens with one attached hydrogen (secondary N) is 2. The van der Waals surface area contributed by atoms with Crippen LogP contribution >= 0.6 is 0 Å². The zero-order valence-electron chi connectivity index (χ0n) is 17.1. The van der Waals surface area contributed by atoms with Crippen molar-refractivity contribution in [2.75, 3.05) is 19.7 Å². The largest absolute Gasteiger partial charge is 0.388 e. The lowest BCUT2D eigenvalue weighted by molar-refractivity contribution is -0.208. The number of ether oxygens (including phenoxy) is 1. The summed E-state index contributed by atoms with van der Waals surface area (Å²) in [7, 11) is 0. The van der Waals surface area contributed by atoms with Crippen molar-refractivity contribution in [3.63, 3.8) is 0 Å². The summed E-state index contributed by atoms with van der Waals surface area (Å²) < 4.78 is 6.13. The lowest BCUT2D eigenvalue weighted by Gasteiger charge is -2.53. The van der Waals surface area contributed by atoms with Gasteiger partial charge < -0.3 is 15.2 Å². The molecule has 2 aliphatic rings. The van der Waals surface area contributed by atoms with Crippen molar-refractivity contribution < 1.29 is 14.6 Å². The molecule has 0 radical (unpaired) electrons. The predicted molar refractivity (Wildman–Crippen MR) is 110 cm³/mol. The summed E-state index contributed by atoms with van der Waals surface area (Å²) in [6, 6.07) is 10.2. The minimum absolute atomic E-state index is 0.116. The normalized spacial score (nSPS) is 27.1.